The zero-order valence-electron chi connectivity index (χ0n) is 12.4. The number of hydrogen-bond acceptors (Lipinski definition) is 3. The molecule has 1 aromatic rings. The van der Waals surface area contributed by atoms with Crippen molar-refractivity contribution >= 4 is 21.8 Å². The molecule has 1 aromatic carbocycles. The molecule has 0 spiro atoms. The monoisotopic (exact) mass is 342 g/mol. The van der Waals surface area contributed by atoms with Crippen LogP contribution in [-0.2, 0) is 11.3 Å². The second-order valence-corrected chi connectivity index (χ2v) is 5.65. The van der Waals surface area contributed by atoms with Crippen LogP contribution in [0.1, 0.15) is 25.3 Å². The van der Waals surface area contributed by atoms with Gasteiger partial charge in [0.25, 0.3) is 0 Å². The molecule has 0 radical (unpaired) electrons. The highest BCUT2D eigenvalue weighted by atomic mass is 79.9. The van der Waals surface area contributed by atoms with Crippen molar-refractivity contribution in [2.45, 2.75) is 26.3 Å². The molecule has 0 fully saturated rings. The Morgan fingerprint density at radius 2 is 2.15 bits per heavy atom. The summed E-state index contributed by atoms with van der Waals surface area (Å²) < 4.78 is 6.71. The van der Waals surface area contributed by atoms with Crippen LogP contribution in [0, 0.1) is 0 Å². The third-order valence-electron chi connectivity index (χ3n) is 2.85. The Morgan fingerprint density at radius 1 is 1.40 bits per heavy atom. The lowest BCUT2D eigenvalue weighted by Crippen LogP contribution is -2.23. The number of carbonyl (C=O) groups excluding carboxylic acids is 1. The number of halogens is 1. The molecule has 1 rings (SSSR count). The Bertz CT molecular complexity index is 436. The van der Waals surface area contributed by atoms with E-state index in [-0.39, 0.29) is 5.91 Å². The molecule has 1 N–H and O–H groups in total. The third-order valence-corrected chi connectivity index (χ3v) is 3.48. The van der Waals surface area contributed by atoms with Gasteiger partial charge in [0.2, 0.25) is 5.91 Å². The molecule has 112 valence electrons. The fourth-order valence-corrected chi connectivity index (χ4v) is 2.24. The summed E-state index contributed by atoms with van der Waals surface area (Å²) in [7, 11) is 3.50. The molecule has 0 saturated carbocycles. The topological polar surface area (TPSA) is 41.6 Å². The minimum Gasteiger partial charge on any atom is -0.492 e. The summed E-state index contributed by atoms with van der Waals surface area (Å²) >= 11 is 3.50. The van der Waals surface area contributed by atoms with Gasteiger partial charge in [0.05, 0.1) is 17.5 Å². The number of carbonyl (C=O) groups is 1. The Kier molecular flexibility index (Phi) is 7.62. The quantitative estimate of drug-likeness (QED) is 0.738. The van der Waals surface area contributed by atoms with Gasteiger partial charge in [0, 0.05) is 26.2 Å². The van der Waals surface area contributed by atoms with Gasteiger partial charge in [0.15, 0.2) is 0 Å². The van der Waals surface area contributed by atoms with Gasteiger partial charge in [-0.1, -0.05) is 19.1 Å². The molecule has 0 heterocycles. The summed E-state index contributed by atoms with van der Waals surface area (Å²) in [4.78, 5) is 13.1. The highest BCUT2D eigenvalue weighted by Gasteiger charge is 2.09. The van der Waals surface area contributed by atoms with Crippen LogP contribution in [0.2, 0.25) is 0 Å². The largest absolute Gasteiger partial charge is 0.492 e. The number of rotatable bonds is 8. The average molecular weight is 343 g/mol. The summed E-state index contributed by atoms with van der Waals surface area (Å²) in [6.07, 6.45) is 1.48. The van der Waals surface area contributed by atoms with E-state index in [1.54, 1.807) is 19.0 Å². The van der Waals surface area contributed by atoms with Gasteiger partial charge in [-0.3, -0.25) is 4.79 Å². The minimum atomic E-state index is 0.0720. The maximum absolute atomic E-state index is 11.5. The first-order valence-electron chi connectivity index (χ1n) is 6.87. The van der Waals surface area contributed by atoms with E-state index in [1.807, 2.05) is 18.2 Å². The lowest BCUT2D eigenvalue weighted by Gasteiger charge is -2.15. The Morgan fingerprint density at radius 3 is 2.80 bits per heavy atom. The van der Waals surface area contributed by atoms with Gasteiger partial charge in [0.1, 0.15) is 5.75 Å². The molecule has 20 heavy (non-hydrogen) atoms. The molecular formula is C15H23BrN2O2. The molecule has 0 aliphatic carbocycles. The van der Waals surface area contributed by atoms with E-state index in [1.165, 1.54) is 0 Å². The summed E-state index contributed by atoms with van der Waals surface area (Å²) in [5.74, 6) is 0.894. The van der Waals surface area contributed by atoms with Gasteiger partial charge < -0.3 is 15.0 Å². The van der Waals surface area contributed by atoms with Gasteiger partial charge >= 0.3 is 0 Å². The predicted octanol–water partition coefficient (Wildman–Crippen LogP) is 2.81. The fraction of sp³-hybridized carbons (Fsp3) is 0.533. The highest BCUT2D eigenvalue weighted by Crippen LogP contribution is 2.29. The van der Waals surface area contributed by atoms with Crippen molar-refractivity contribution in [1.29, 1.82) is 0 Å². The van der Waals surface area contributed by atoms with Crippen LogP contribution >= 0.6 is 15.9 Å². The second-order valence-electron chi connectivity index (χ2n) is 4.79. The molecule has 0 aliphatic heterocycles. The van der Waals surface area contributed by atoms with Crippen molar-refractivity contribution < 1.29 is 9.53 Å². The lowest BCUT2D eigenvalue weighted by atomic mass is 10.2. The van der Waals surface area contributed by atoms with Crippen molar-refractivity contribution in [2.75, 3.05) is 27.2 Å². The van der Waals surface area contributed by atoms with Gasteiger partial charge in [-0.25, -0.2) is 0 Å². The number of benzene rings is 1. The number of ether oxygens (including phenoxy) is 1. The maximum atomic E-state index is 11.5. The first kappa shape index (κ1) is 17.0. The zero-order chi connectivity index (χ0) is 15.0. The first-order chi connectivity index (χ1) is 9.56. The van der Waals surface area contributed by atoms with Crippen molar-refractivity contribution in [1.82, 2.24) is 10.2 Å². The van der Waals surface area contributed by atoms with E-state index < -0.39 is 0 Å². The molecule has 0 aromatic heterocycles. The average Bonchev–Trinajstić information content (AvgIpc) is 2.41. The SMILES string of the molecule is CCCNCc1cccc(Br)c1OCCC(=O)N(C)C. The molecule has 5 heteroatoms. The summed E-state index contributed by atoms with van der Waals surface area (Å²) in [6, 6.07) is 5.98. The van der Waals surface area contributed by atoms with Crippen LogP contribution in [0.3, 0.4) is 0 Å². The zero-order valence-corrected chi connectivity index (χ0v) is 14.0. The molecule has 0 bridgehead atoms. The van der Waals surface area contributed by atoms with E-state index in [0.29, 0.717) is 13.0 Å². The summed E-state index contributed by atoms with van der Waals surface area (Å²) in [5, 5.41) is 3.36. The van der Waals surface area contributed by atoms with Crippen LogP contribution in [0.25, 0.3) is 0 Å². The Hall–Kier alpha value is -1.07. The molecule has 0 atom stereocenters. The minimum absolute atomic E-state index is 0.0720. The Labute approximate surface area is 129 Å². The molecule has 1 amide bonds. The number of hydrogen-bond donors (Lipinski definition) is 1. The number of nitrogens with zero attached hydrogens (tertiary/aromatic N) is 1. The third kappa shape index (κ3) is 5.51. The smallest absolute Gasteiger partial charge is 0.225 e. The number of para-hydroxylation sites is 1. The van der Waals surface area contributed by atoms with E-state index in [0.717, 1.165) is 35.3 Å². The van der Waals surface area contributed by atoms with Gasteiger partial charge in [-0.05, 0) is 35.0 Å². The van der Waals surface area contributed by atoms with E-state index in [4.69, 9.17) is 4.74 Å². The predicted molar refractivity (Wildman–Crippen MR) is 84.9 cm³/mol. The van der Waals surface area contributed by atoms with Crippen molar-refractivity contribution in [2.24, 2.45) is 0 Å². The van der Waals surface area contributed by atoms with Crippen LogP contribution in [-0.4, -0.2) is 38.1 Å². The van der Waals surface area contributed by atoms with Crippen LogP contribution in [0.5, 0.6) is 5.75 Å². The highest BCUT2D eigenvalue weighted by molar-refractivity contribution is 9.10. The summed E-state index contributed by atoms with van der Waals surface area (Å²) in [6.45, 7) is 4.27. The van der Waals surface area contributed by atoms with E-state index >= 15 is 0 Å². The van der Waals surface area contributed by atoms with E-state index in [9.17, 15) is 4.79 Å². The Balaban J connectivity index is 2.60. The first-order valence-corrected chi connectivity index (χ1v) is 7.66. The fourth-order valence-electron chi connectivity index (χ4n) is 1.72. The normalized spacial score (nSPS) is 10.4. The van der Waals surface area contributed by atoms with Crippen molar-refractivity contribution in [3.63, 3.8) is 0 Å². The molecule has 0 unspecified atom stereocenters. The molecule has 4 nitrogen and oxygen atoms in total. The van der Waals surface area contributed by atoms with Crippen LogP contribution in [0.4, 0.5) is 0 Å². The van der Waals surface area contributed by atoms with E-state index in [2.05, 4.69) is 28.2 Å². The van der Waals surface area contributed by atoms with Crippen molar-refractivity contribution in [3.8, 4) is 5.75 Å². The molecule has 0 saturated heterocycles. The van der Waals surface area contributed by atoms with Gasteiger partial charge in [-0.15, -0.1) is 0 Å². The summed E-state index contributed by atoms with van der Waals surface area (Å²) in [5.41, 5.74) is 1.10. The van der Waals surface area contributed by atoms with Crippen LogP contribution in [0.15, 0.2) is 22.7 Å². The molecular weight excluding hydrogens is 320 g/mol. The number of amides is 1. The standard InChI is InChI=1S/C15H23BrN2O2/c1-4-9-17-11-12-6-5-7-13(16)15(12)20-10-8-14(19)18(2)3/h5-7,17H,4,8-11H2,1-3H3. The maximum Gasteiger partial charge on any atom is 0.225 e. The van der Waals surface area contributed by atoms with Gasteiger partial charge in [-0.2, -0.15) is 0 Å². The lowest BCUT2D eigenvalue weighted by molar-refractivity contribution is -0.129. The number of nitrogens with one attached hydrogen (secondary N) is 1. The molecule has 0 aliphatic rings. The second kappa shape index (κ2) is 8.97. The van der Waals surface area contributed by atoms with Crippen molar-refractivity contribution in [3.05, 3.63) is 28.2 Å². The van der Waals surface area contributed by atoms with Crippen LogP contribution < -0.4 is 10.1 Å².